The molecule has 0 atom stereocenters. The zero-order chi connectivity index (χ0) is 18.7. The van der Waals surface area contributed by atoms with E-state index in [0.29, 0.717) is 12.5 Å². The van der Waals surface area contributed by atoms with Crippen LogP contribution in [0.15, 0.2) is 47.5 Å². The largest absolute Gasteiger partial charge is 0.381 e. The number of fused-ring (bicyclic) bond motifs is 1. The molecule has 1 aliphatic carbocycles. The molecule has 1 saturated heterocycles. The third-order valence-electron chi connectivity index (χ3n) is 5.81. The monoisotopic (exact) mass is 511 g/mol. The van der Waals surface area contributed by atoms with Gasteiger partial charge in [-0.15, -0.1) is 24.0 Å². The lowest BCUT2D eigenvalue weighted by Crippen LogP contribution is -2.38. The minimum Gasteiger partial charge on any atom is -0.381 e. The van der Waals surface area contributed by atoms with Gasteiger partial charge in [0, 0.05) is 29.3 Å². The van der Waals surface area contributed by atoms with Crippen molar-refractivity contribution in [2.75, 3.05) is 25.1 Å². The number of nitrogens with zero attached hydrogens (tertiary/aromatic N) is 1. The molecule has 1 heterocycles. The zero-order valence-corrected chi connectivity index (χ0v) is 19.0. The maximum atomic E-state index is 6.24. The SMILES string of the molecule is I.NC(=NCC1(c2cccc(Cl)c2)CCOCC1)Nc1ccc2c(c1)CCC2. The van der Waals surface area contributed by atoms with Gasteiger partial charge in [-0.05, 0) is 73.1 Å². The topological polar surface area (TPSA) is 59.6 Å². The van der Waals surface area contributed by atoms with Gasteiger partial charge in [0.15, 0.2) is 5.96 Å². The zero-order valence-electron chi connectivity index (χ0n) is 15.9. The van der Waals surface area contributed by atoms with E-state index in [0.717, 1.165) is 43.2 Å². The number of ether oxygens (including phenoxy) is 1. The van der Waals surface area contributed by atoms with E-state index >= 15 is 0 Å². The van der Waals surface area contributed by atoms with Crippen molar-refractivity contribution in [3.8, 4) is 0 Å². The Morgan fingerprint density at radius 2 is 1.89 bits per heavy atom. The summed E-state index contributed by atoms with van der Waals surface area (Å²) in [4.78, 5) is 4.70. The summed E-state index contributed by atoms with van der Waals surface area (Å²) in [7, 11) is 0. The summed E-state index contributed by atoms with van der Waals surface area (Å²) in [6.45, 7) is 2.10. The van der Waals surface area contributed by atoms with Gasteiger partial charge in [-0.3, -0.25) is 4.99 Å². The summed E-state index contributed by atoms with van der Waals surface area (Å²) >= 11 is 6.24. The van der Waals surface area contributed by atoms with E-state index in [9.17, 15) is 0 Å². The van der Waals surface area contributed by atoms with Crippen LogP contribution in [-0.2, 0) is 23.0 Å². The highest BCUT2D eigenvalue weighted by atomic mass is 127. The van der Waals surface area contributed by atoms with Crippen molar-refractivity contribution in [2.45, 2.75) is 37.5 Å². The number of benzene rings is 2. The van der Waals surface area contributed by atoms with Crippen LogP contribution in [0.25, 0.3) is 0 Å². The quantitative estimate of drug-likeness (QED) is 0.348. The second-order valence-electron chi connectivity index (χ2n) is 7.57. The molecule has 2 aromatic carbocycles. The van der Waals surface area contributed by atoms with E-state index in [2.05, 4.69) is 29.6 Å². The second-order valence-corrected chi connectivity index (χ2v) is 8.00. The first-order valence-electron chi connectivity index (χ1n) is 9.67. The molecular weight excluding hydrogens is 485 g/mol. The van der Waals surface area contributed by atoms with E-state index in [1.807, 2.05) is 18.2 Å². The Morgan fingerprint density at radius 1 is 1.11 bits per heavy atom. The minimum absolute atomic E-state index is 0. The first-order chi connectivity index (χ1) is 13.1. The third-order valence-corrected chi connectivity index (χ3v) is 6.04. The van der Waals surface area contributed by atoms with Gasteiger partial charge in [0.05, 0.1) is 6.54 Å². The molecule has 6 heteroatoms. The highest BCUT2D eigenvalue weighted by Gasteiger charge is 2.34. The molecule has 0 radical (unpaired) electrons. The van der Waals surface area contributed by atoms with Gasteiger partial charge in [0.2, 0.25) is 0 Å². The lowest BCUT2D eigenvalue weighted by atomic mass is 9.74. The van der Waals surface area contributed by atoms with Crippen LogP contribution in [0.5, 0.6) is 0 Å². The maximum Gasteiger partial charge on any atom is 0.193 e. The molecule has 2 aliphatic rings. The second kappa shape index (κ2) is 9.46. The highest BCUT2D eigenvalue weighted by molar-refractivity contribution is 14.0. The summed E-state index contributed by atoms with van der Waals surface area (Å²) in [5.74, 6) is 0.459. The van der Waals surface area contributed by atoms with Crippen LogP contribution in [0.3, 0.4) is 0 Å². The molecular formula is C22H27ClIN3O. The van der Waals surface area contributed by atoms with E-state index in [-0.39, 0.29) is 29.4 Å². The molecule has 4 nitrogen and oxygen atoms in total. The molecule has 0 bridgehead atoms. The first-order valence-corrected chi connectivity index (χ1v) is 10.0. The number of rotatable bonds is 4. The number of anilines is 1. The number of hydrogen-bond donors (Lipinski definition) is 2. The van der Waals surface area contributed by atoms with Gasteiger partial charge >= 0.3 is 0 Å². The number of nitrogens with one attached hydrogen (secondary N) is 1. The van der Waals surface area contributed by atoms with E-state index in [1.165, 1.54) is 29.5 Å². The summed E-state index contributed by atoms with van der Waals surface area (Å²) < 4.78 is 5.59. The van der Waals surface area contributed by atoms with Crippen molar-refractivity contribution in [3.05, 3.63) is 64.2 Å². The van der Waals surface area contributed by atoms with Crippen LogP contribution in [0.1, 0.15) is 36.0 Å². The molecule has 150 valence electrons. The van der Waals surface area contributed by atoms with Gasteiger partial charge in [-0.2, -0.15) is 0 Å². The van der Waals surface area contributed by atoms with Crippen molar-refractivity contribution in [3.63, 3.8) is 0 Å². The fraction of sp³-hybridized carbons (Fsp3) is 0.409. The van der Waals surface area contributed by atoms with Gasteiger partial charge in [-0.25, -0.2) is 0 Å². The van der Waals surface area contributed by atoms with Gasteiger partial charge < -0.3 is 15.8 Å². The standard InChI is InChI=1S/C22H26ClN3O.HI/c23-19-6-2-5-18(14-19)22(9-11-27-12-10-22)15-25-21(24)26-20-8-7-16-3-1-4-17(16)13-20;/h2,5-8,13-14H,1,3-4,9-12,15H2,(H3,24,25,26);1H. The number of guanidine groups is 1. The lowest BCUT2D eigenvalue weighted by molar-refractivity contribution is 0.0531. The van der Waals surface area contributed by atoms with Gasteiger partial charge in [-0.1, -0.05) is 29.8 Å². The smallest absolute Gasteiger partial charge is 0.193 e. The van der Waals surface area contributed by atoms with Crippen LogP contribution in [0, 0.1) is 0 Å². The number of hydrogen-bond acceptors (Lipinski definition) is 2. The number of aliphatic imine (C=N–C) groups is 1. The van der Waals surface area contributed by atoms with Crippen LogP contribution >= 0.6 is 35.6 Å². The summed E-state index contributed by atoms with van der Waals surface area (Å²) in [5.41, 5.74) is 11.3. The molecule has 28 heavy (non-hydrogen) atoms. The number of aryl methyl sites for hydroxylation is 2. The van der Waals surface area contributed by atoms with Crippen molar-refractivity contribution < 1.29 is 4.74 Å². The molecule has 2 aromatic rings. The molecule has 0 spiro atoms. The van der Waals surface area contributed by atoms with Gasteiger partial charge in [0.1, 0.15) is 0 Å². The summed E-state index contributed by atoms with van der Waals surface area (Å²) in [6.07, 6.45) is 5.42. The molecule has 0 saturated carbocycles. The Hall–Kier alpha value is -1.31. The predicted molar refractivity (Wildman–Crippen MR) is 127 cm³/mol. The maximum absolute atomic E-state index is 6.24. The van der Waals surface area contributed by atoms with Crippen LogP contribution in [0.4, 0.5) is 5.69 Å². The lowest BCUT2D eigenvalue weighted by Gasteiger charge is -2.36. The van der Waals surface area contributed by atoms with Crippen molar-refractivity contribution in [1.82, 2.24) is 0 Å². The molecule has 0 unspecified atom stereocenters. The Balaban J connectivity index is 0.00000225. The van der Waals surface area contributed by atoms with E-state index < -0.39 is 0 Å². The average Bonchev–Trinajstić information content (AvgIpc) is 3.15. The fourth-order valence-electron chi connectivity index (χ4n) is 4.19. The molecule has 3 N–H and O–H groups in total. The van der Waals surface area contributed by atoms with Crippen molar-refractivity contribution >= 4 is 47.2 Å². The van der Waals surface area contributed by atoms with Crippen LogP contribution < -0.4 is 11.1 Å². The minimum atomic E-state index is -0.0760. The first kappa shape index (κ1) is 21.4. The van der Waals surface area contributed by atoms with Crippen LogP contribution in [0.2, 0.25) is 5.02 Å². The molecule has 1 fully saturated rings. The highest BCUT2D eigenvalue weighted by Crippen LogP contribution is 2.36. The van der Waals surface area contributed by atoms with Gasteiger partial charge in [0.25, 0.3) is 0 Å². The third kappa shape index (κ3) is 4.81. The van der Waals surface area contributed by atoms with E-state index in [1.54, 1.807) is 0 Å². The number of nitrogens with two attached hydrogens (primary N) is 1. The predicted octanol–water partition coefficient (Wildman–Crippen LogP) is 4.92. The number of halogens is 2. The molecule has 0 amide bonds. The Morgan fingerprint density at radius 3 is 2.68 bits per heavy atom. The molecule has 4 rings (SSSR count). The Labute approximate surface area is 188 Å². The van der Waals surface area contributed by atoms with Crippen LogP contribution in [-0.4, -0.2) is 25.7 Å². The normalized spacial score (nSPS) is 18.2. The van der Waals surface area contributed by atoms with E-state index in [4.69, 9.17) is 27.1 Å². The molecule has 0 aromatic heterocycles. The molecule has 1 aliphatic heterocycles. The van der Waals surface area contributed by atoms with Crippen molar-refractivity contribution in [2.24, 2.45) is 10.7 Å². The Kier molecular flexibility index (Phi) is 7.23. The summed E-state index contributed by atoms with van der Waals surface area (Å²) in [5, 5.41) is 4.02. The Bertz CT molecular complexity index is 849. The average molecular weight is 512 g/mol. The fourth-order valence-corrected chi connectivity index (χ4v) is 4.38. The summed E-state index contributed by atoms with van der Waals surface area (Å²) in [6, 6.07) is 14.6. The van der Waals surface area contributed by atoms with Crippen molar-refractivity contribution in [1.29, 1.82) is 0 Å².